The molecule has 0 aliphatic heterocycles. The van der Waals surface area contributed by atoms with Gasteiger partial charge in [0.2, 0.25) is 5.91 Å². The van der Waals surface area contributed by atoms with Crippen LogP contribution in [0.4, 0.5) is 5.00 Å². The van der Waals surface area contributed by atoms with Gasteiger partial charge in [0.1, 0.15) is 10.6 Å². The molecule has 1 N–H and O–H groups in total. The van der Waals surface area contributed by atoms with Crippen LogP contribution in [0, 0.1) is 0 Å². The molecule has 1 amide bonds. The van der Waals surface area contributed by atoms with Crippen molar-refractivity contribution in [3.63, 3.8) is 0 Å². The fourth-order valence-electron chi connectivity index (χ4n) is 2.58. The maximum absolute atomic E-state index is 12.5. The van der Waals surface area contributed by atoms with E-state index in [1.807, 2.05) is 35.7 Å². The molecule has 2 aromatic heterocycles. The first-order valence-electron chi connectivity index (χ1n) is 8.32. The number of carbonyl (C=O) groups is 2. The summed E-state index contributed by atoms with van der Waals surface area (Å²) in [5.74, 6) is -0.666. The van der Waals surface area contributed by atoms with Crippen molar-refractivity contribution in [2.45, 2.75) is 13.3 Å². The molecule has 0 saturated heterocycles. The second-order valence-electron chi connectivity index (χ2n) is 5.63. The number of pyridine rings is 1. The fourth-order valence-corrected chi connectivity index (χ4v) is 3.97. The molecule has 3 rings (SSSR count). The Morgan fingerprint density at radius 1 is 1.22 bits per heavy atom. The number of hydrogen-bond acceptors (Lipinski definition) is 5. The standard InChI is InChI=1S/C20H17BrN2O3S/c1-2-26-20(25)18-15(14-7-5-9-22-11-14)12-27-19(18)23-17(24)10-13-6-3-4-8-16(13)21/h3-9,11-12H,2,10H2,1H3,(H,23,24). The second-order valence-corrected chi connectivity index (χ2v) is 7.37. The van der Waals surface area contributed by atoms with Crippen molar-refractivity contribution in [1.82, 2.24) is 4.98 Å². The van der Waals surface area contributed by atoms with Crippen molar-refractivity contribution in [2.24, 2.45) is 0 Å². The number of aromatic nitrogens is 1. The Labute approximate surface area is 169 Å². The van der Waals surface area contributed by atoms with Crippen LogP contribution in [0.25, 0.3) is 11.1 Å². The highest BCUT2D eigenvalue weighted by atomic mass is 79.9. The number of esters is 1. The smallest absolute Gasteiger partial charge is 0.341 e. The van der Waals surface area contributed by atoms with Crippen LogP contribution in [-0.2, 0) is 16.0 Å². The van der Waals surface area contributed by atoms with Crippen molar-refractivity contribution in [3.8, 4) is 11.1 Å². The maximum Gasteiger partial charge on any atom is 0.341 e. The number of carbonyl (C=O) groups excluding carboxylic acids is 2. The van der Waals surface area contributed by atoms with Gasteiger partial charge in [0.25, 0.3) is 0 Å². The van der Waals surface area contributed by atoms with Gasteiger partial charge in [0.05, 0.1) is 13.0 Å². The molecule has 0 atom stereocenters. The normalized spacial score (nSPS) is 10.4. The van der Waals surface area contributed by atoms with Gasteiger partial charge in [-0.2, -0.15) is 0 Å². The lowest BCUT2D eigenvalue weighted by Gasteiger charge is -2.09. The monoisotopic (exact) mass is 444 g/mol. The number of amides is 1. The van der Waals surface area contributed by atoms with E-state index < -0.39 is 5.97 Å². The fraction of sp³-hybridized carbons (Fsp3) is 0.150. The molecular formula is C20H17BrN2O3S. The van der Waals surface area contributed by atoms with Gasteiger partial charge in [-0.25, -0.2) is 4.79 Å². The van der Waals surface area contributed by atoms with Gasteiger partial charge in [-0.3, -0.25) is 9.78 Å². The average molecular weight is 445 g/mol. The highest BCUT2D eigenvalue weighted by molar-refractivity contribution is 9.10. The molecule has 0 bridgehead atoms. The van der Waals surface area contributed by atoms with Crippen molar-refractivity contribution < 1.29 is 14.3 Å². The molecule has 3 aromatic rings. The molecule has 2 heterocycles. The first kappa shape index (κ1) is 19.3. The Kier molecular flexibility index (Phi) is 6.36. The molecule has 1 aromatic carbocycles. The summed E-state index contributed by atoms with van der Waals surface area (Å²) in [6, 6.07) is 11.2. The number of ether oxygens (including phenoxy) is 1. The van der Waals surface area contributed by atoms with Gasteiger partial charge in [0.15, 0.2) is 0 Å². The van der Waals surface area contributed by atoms with Gasteiger partial charge in [0, 0.05) is 33.4 Å². The number of halogens is 1. The van der Waals surface area contributed by atoms with Crippen molar-refractivity contribution in [3.05, 3.63) is 69.8 Å². The highest BCUT2D eigenvalue weighted by Crippen LogP contribution is 2.36. The molecule has 138 valence electrons. The number of nitrogens with zero attached hydrogens (tertiary/aromatic N) is 1. The zero-order chi connectivity index (χ0) is 19.2. The number of rotatable bonds is 6. The van der Waals surface area contributed by atoms with Crippen LogP contribution < -0.4 is 5.32 Å². The Balaban J connectivity index is 1.88. The minimum atomic E-state index is -0.464. The average Bonchev–Trinajstić information content (AvgIpc) is 3.08. The first-order chi connectivity index (χ1) is 13.1. The lowest BCUT2D eigenvalue weighted by atomic mass is 10.1. The Bertz CT molecular complexity index is 957. The predicted molar refractivity (Wildman–Crippen MR) is 110 cm³/mol. The third kappa shape index (κ3) is 4.61. The van der Waals surface area contributed by atoms with Crippen molar-refractivity contribution >= 4 is 44.1 Å². The molecule has 0 fully saturated rings. The predicted octanol–water partition coefficient (Wildman–Crippen LogP) is 4.93. The second kappa shape index (κ2) is 8.92. The van der Waals surface area contributed by atoms with Crippen LogP contribution in [0.5, 0.6) is 0 Å². The molecule has 0 spiro atoms. The molecule has 0 aliphatic rings. The molecule has 5 nitrogen and oxygen atoms in total. The summed E-state index contributed by atoms with van der Waals surface area (Å²) in [6.45, 7) is 2.00. The van der Waals surface area contributed by atoms with E-state index in [1.54, 1.807) is 25.4 Å². The van der Waals surface area contributed by atoms with Crippen LogP contribution in [0.2, 0.25) is 0 Å². The van der Waals surface area contributed by atoms with Crippen LogP contribution in [0.1, 0.15) is 22.8 Å². The minimum Gasteiger partial charge on any atom is -0.462 e. The van der Waals surface area contributed by atoms with E-state index in [-0.39, 0.29) is 18.9 Å². The number of thiophene rings is 1. The Hall–Kier alpha value is -2.51. The van der Waals surface area contributed by atoms with Gasteiger partial charge in [-0.05, 0) is 24.6 Å². The summed E-state index contributed by atoms with van der Waals surface area (Å²) in [7, 11) is 0. The van der Waals surface area contributed by atoms with Crippen LogP contribution in [0.3, 0.4) is 0 Å². The van der Waals surface area contributed by atoms with Crippen LogP contribution in [0.15, 0.2) is 58.6 Å². The SMILES string of the molecule is CCOC(=O)c1c(-c2cccnc2)csc1NC(=O)Cc1ccccc1Br. The summed E-state index contributed by atoms with van der Waals surface area (Å²) >= 11 is 4.74. The summed E-state index contributed by atoms with van der Waals surface area (Å²) in [6.07, 6.45) is 3.54. The number of anilines is 1. The van der Waals surface area contributed by atoms with E-state index >= 15 is 0 Å². The van der Waals surface area contributed by atoms with Gasteiger partial charge >= 0.3 is 5.97 Å². The van der Waals surface area contributed by atoms with Gasteiger partial charge < -0.3 is 10.1 Å². The number of hydrogen-bond donors (Lipinski definition) is 1. The van der Waals surface area contributed by atoms with E-state index in [1.165, 1.54) is 11.3 Å². The summed E-state index contributed by atoms with van der Waals surface area (Å²) < 4.78 is 6.07. The molecular weight excluding hydrogens is 428 g/mol. The summed E-state index contributed by atoms with van der Waals surface area (Å²) in [5.41, 5.74) is 2.72. The Morgan fingerprint density at radius 3 is 2.74 bits per heavy atom. The van der Waals surface area contributed by atoms with E-state index in [2.05, 4.69) is 26.2 Å². The molecule has 27 heavy (non-hydrogen) atoms. The third-order valence-corrected chi connectivity index (χ3v) is 5.47. The van der Waals surface area contributed by atoms with E-state index in [9.17, 15) is 9.59 Å². The maximum atomic E-state index is 12.5. The summed E-state index contributed by atoms with van der Waals surface area (Å²) in [4.78, 5) is 29.1. The topological polar surface area (TPSA) is 68.3 Å². The molecule has 7 heteroatoms. The largest absolute Gasteiger partial charge is 0.462 e. The quantitative estimate of drug-likeness (QED) is 0.547. The number of benzene rings is 1. The molecule has 0 unspecified atom stereocenters. The number of nitrogens with one attached hydrogen (secondary N) is 1. The van der Waals surface area contributed by atoms with Crippen LogP contribution >= 0.6 is 27.3 Å². The zero-order valence-corrected chi connectivity index (χ0v) is 17.0. The molecule has 0 saturated carbocycles. The first-order valence-corrected chi connectivity index (χ1v) is 9.99. The summed E-state index contributed by atoms with van der Waals surface area (Å²) in [5, 5.41) is 5.16. The van der Waals surface area contributed by atoms with Gasteiger partial charge in [-0.1, -0.05) is 40.2 Å². The molecule has 0 radical (unpaired) electrons. The highest BCUT2D eigenvalue weighted by Gasteiger charge is 2.23. The van der Waals surface area contributed by atoms with E-state index in [0.29, 0.717) is 16.1 Å². The van der Waals surface area contributed by atoms with E-state index in [4.69, 9.17) is 4.74 Å². The lowest BCUT2D eigenvalue weighted by Crippen LogP contribution is -2.16. The lowest BCUT2D eigenvalue weighted by molar-refractivity contribution is -0.115. The van der Waals surface area contributed by atoms with Gasteiger partial charge in [-0.15, -0.1) is 11.3 Å². The molecule has 0 aliphatic carbocycles. The third-order valence-electron chi connectivity index (χ3n) is 3.80. The Morgan fingerprint density at radius 2 is 2.04 bits per heavy atom. The minimum absolute atomic E-state index is 0.198. The van der Waals surface area contributed by atoms with Crippen molar-refractivity contribution in [2.75, 3.05) is 11.9 Å². The van der Waals surface area contributed by atoms with Crippen LogP contribution in [-0.4, -0.2) is 23.5 Å². The van der Waals surface area contributed by atoms with E-state index in [0.717, 1.165) is 15.6 Å². The van der Waals surface area contributed by atoms with Crippen molar-refractivity contribution in [1.29, 1.82) is 0 Å². The zero-order valence-electron chi connectivity index (χ0n) is 14.6.